The van der Waals surface area contributed by atoms with Crippen molar-refractivity contribution in [1.82, 2.24) is 19.7 Å². The number of aliphatic hydroxyl groups excluding tert-OH is 1. The van der Waals surface area contributed by atoms with Crippen LogP contribution in [0.25, 0.3) is 11.0 Å². The van der Waals surface area contributed by atoms with E-state index in [2.05, 4.69) is 20.4 Å². The molecule has 3 aromatic rings. The van der Waals surface area contributed by atoms with E-state index in [1.54, 1.807) is 18.2 Å². The van der Waals surface area contributed by atoms with Crippen molar-refractivity contribution in [3.05, 3.63) is 50.4 Å². The summed E-state index contributed by atoms with van der Waals surface area (Å²) in [7, 11) is -3.42. The van der Waals surface area contributed by atoms with E-state index in [4.69, 9.17) is 28.3 Å². The highest BCUT2D eigenvalue weighted by molar-refractivity contribution is 7.91. The van der Waals surface area contributed by atoms with Crippen molar-refractivity contribution >= 4 is 50.0 Å². The molecule has 0 spiro atoms. The van der Waals surface area contributed by atoms with E-state index < -0.39 is 22.0 Å². The molecule has 0 atom stereocenters. The smallest absolute Gasteiger partial charge is 0.278 e. The number of rotatable bonds is 8. The van der Waals surface area contributed by atoms with Gasteiger partial charge in [0.2, 0.25) is 5.95 Å². The van der Waals surface area contributed by atoms with Crippen LogP contribution in [0.3, 0.4) is 0 Å². The van der Waals surface area contributed by atoms with Gasteiger partial charge in [-0.3, -0.25) is 14.5 Å². The Hall–Kier alpha value is -2.14. The highest BCUT2D eigenvalue weighted by atomic mass is 35.5. The van der Waals surface area contributed by atoms with Crippen molar-refractivity contribution in [3.63, 3.8) is 0 Å². The maximum absolute atomic E-state index is 12.4. The minimum Gasteiger partial charge on any atom is -0.395 e. The number of anilines is 1. The van der Waals surface area contributed by atoms with Crippen molar-refractivity contribution in [2.45, 2.75) is 13.1 Å². The van der Waals surface area contributed by atoms with E-state index in [1.807, 2.05) is 0 Å². The van der Waals surface area contributed by atoms with Crippen molar-refractivity contribution in [1.29, 1.82) is 0 Å². The van der Waals surface area contributed by atoms with Crippen molar-refractivity contribution in [2.24, 2.45) is 0 Å². The molecule has 0 unspecified atom stereocenters. The first-order valence-corrected chi connectivity index (χ1v) is 10.8. The first kappa shape index (κ1) is 20.6. The summed E-state index contributed by atoms with van der Waals surface area (Å²) in [6, 6.07) is 5.18. The monoisotopic (exact) mass is 445 g/mol. The van der Waals surface area contributed by atoms with E-state index in [0.29, 0.717) is 22.1 Å². The number of aryl methyl sites for hydroxylation is 1. The fourth-order valence-electron chi connectivity index (χ4n) is 2.56. The number of aliphatic hydroxyl groups is 1. The Morgan fingerprint density at radius 2 is 2.00 bits per heavy atom. The summed E-state index contributed by atoms with van der Waals surface area (Å²) in [6.45, 7) is -0.0935. The Morgan fingerprint density at radius 1 is 1.21 bits per heavy atom. The lowest BCUT2D eigenvalue weighted by Gasteiger charge is -2.07. The zero-order valence-corrected chi connectivity index (χ0v) is 16.9. The third-order valence-corrected chi connectivity index (χ3v) is 6.31. The van der Waals surface area contributed by atoms with Crippen LogP contribution in [0.2, 0.25) is 10.0 Å². The van der Waals surface area contributed by atoms with Crippen LogP contribution in [-0.4, -0.2) is 51.4 Å². The minimum absolute atomic E-state index is 0.00730. The summed E-state index contributed by atoms with van der Waals surface area (Å²) in [5, 5.41) is 16.7. The van der Waals surface area contributed by atoms with Crippen LogP contribution in [-0.2, 0) is 22.9 Å². The van der Waals surface area contributed by atoms with Crippen LogP contribution in [0.4, 0.5) is 5.95 Å². The number of hydrogen-bond donors (Lipinski definition) is 3. The fraction of sp³-hybridized carbons (Fsp3) is 0.312. The van der Waals surface area contributed by atoms with Gasteiger partial charge in [0.1, 0.15) is 5.52 Å². The average Bonchev–Trinajstić information content (AvgIpc) is 3.05. The third kappa shape index (κ3) is 4.82. The van der Waals surface area contributed by atoms with Crippen LogP contribution < -0.4 is 10.9 Å². The zero-order valence-electron chi connectivity index (χ0n) is 14.5. The average molecular weight is 446 g/mol. The molecule has 0 saturated carbocycles. The van der Waals surface area contributed by atoms with Gasteiger partial charge in [-0.1, -0.05) is 29.3 Å². The van der Waals surface area contributed by atoms with Gasteiger partial charge in [0.25, 0.3) is 5.56 Å². The number of aromatic nitrogens is 4. The first-order valence-electron chi connectivity index (χ1n) is 8.24. The molecule has 28 heavy (non-hydrogen) atoms. The second-order valence-corrected chi connectivity index (χ2v) is 9.11. The van der Waals surface area contributed by atoms with Crippen LogP contribution in [0.1, 0.15) is 5.56 Å². The van der Waals surface area contributed by atoms with Gasteiger partial charge in [-0.05, 0) is 17.7 Å². The maximum Gasteiger partial charge on any atom is 0.278 e. The Balaban J connectivity index is 1.76. The van der Waals surface area contributed by atoms with Gasteiger partial charge in [0, 0.05) is 6.54 Å². The Morgan fingerprint density at radius 3 is 2.71 bits per heavy atom. The number of hydrogen-bond acceptors (Lipinski definition) is 7. The number of H-pyrrole nitrogens is 1. The molecule has 0 aliphatic rings. The zero-order chi connectivity index (χ0) is 20.3. The minimum atomic E-state index is -3.42. The van der Waals surface area contributed by atoms with Gasteiger partial charge < -0.3 is 10.4 Å². The standard InChI is InChI=1S/C16H17Cl2N5O4S/c17-11-2-1-10(7-12(11)18)8-19-16-21-13-9-20-23(14(13)15(25)22-16)3-5-28(26,27)6-4-24/h1-2,7,9,24H,3-6,8H2,(H2,19,21,22,25). The number of sulfone groups is 1. The normalized spacial score (nSPS) is 11.8. The Kier molecular flexibility index (Phi) is 6.23. The molecule has 0 aliphatic heterocycles. The number of halogens is 2. The fourth-order valence-corrected chi connectivity index (χ4v) is 3.82. The molecule has 1 aromatic carbocycles. The predicted molar refractivity (Wildman–Crippen MR) is 108 cm³/mol. The lowest BCUT2D eigenvalue weighted by atomic mass is 10.2. The third-order valence-electron chi connectivity index (χ3n) is 3.96. The second kappa shape index (κ2) is 8.48. The molecule has 3 rings (SSSR count). The molecular formula is C16H17Cl2N5O4S. The molecule has 3 N–H and O–H groups in total. The summed E-state index contributed by atoms with van der Waals surface area (Å²) in [6.07, 6.45) is 1.40. The highest BCUT2D eigenvalue weighted by Gasteiger charge is 2.15. The Labute approximate surface area is 170 Å². The number of nitrogens with one attached hydrogen (secondary N) is 2. The van der Waals surface area contributed by atoms with Crippen molar-refractivity contribution < 1.29 is 13.5 Å². The van der Waals surface area contributed by atoms with Crippen LogP contribution in [0.5, 0.6) is 0 Å². The molecule has 150 valence electrons. The molecule has 0 fully saturated rings. The Bertz CT molecular complexity index is 1160. The molecule has 2 aromatic heterocycles. The number of nitrogens with zero attached hydrogens (tertiary/aromatic N) is 3. The summed E-state index contributed by atoms with van der Waals surface area (Å²) in [4.78, 5) is 19.3. The second-order valence-electron chi connectivity index (χ2n) is 5.99. The molecule has 12 heteroatoms. The van der Waals surface area contributed by atoms with Gasteiger partial charge >= 0.3 is 0 Å². The molecule has 0 radical (unpaired) electrons. The van der Waals surface area contributed by atoms with Gasteiger partial charge in [-0.25, -0.2) is 13.4 Å². The summed E-state index contributed by atoms with van der Waals surface area (Å²) in [5.74, 6) is -0.318. The topological polar surface area (TPSA) is 130 Å². The van der Waals surface area contributed by atoms with E-state index in [9.17, 15) is 13.2 Å². The van der Waals surface area contributed by atoms with Crippen LogP contribution in [0, 0.1) is 0 Å². The predicted octanol–water partition coefficient (Wildman–Crippen LogP) is 1.45. The van der Waals surface area contributed by atoms with E-state index in [1.165, 1.54) is 10.9 Å². The molecule has 2 heterocycles. The first-order chi connectivity index (χ1) is 13.3. The largest absolute Gasteiger partial charge is 0.395 e. The van der Waals surface area contributed by atoms with E-state index >= 15 is 0 Å². The lowest BCUT2D eigenvalue weighted by Crippen LogP contribution is -2.21. The molecular weight excluding hydrogens is 429 g/mol. The van der Waals surface area contributed by atoms with Crippen LogP contribution in [0.15, 0.2) is 29.2 Å². The lowest BCUT2D eigenvalue weighted by molar-refractivity contribution is 0.319. The molecule has 0 amide bonds. The highest BCUT2D eigenvalue weighted by Crippen LogP contribution is 2.22. The SMILES string of the molecule is O=c1[nH]c(NCc2ccc(Cl)c(Cl)c2)nc2cnn(CCS(=O)(=O)CCO)c12. The summed E-state index contributed by atoms with van der Waals surface area (Å²) >= 11 is 11.9. The van der Waals surface area contributed by atoms with Crippen molar-refractivity contribution in [3.8, 4) is 0 Å². The molecule has 9 nitrogen and oxygen atoms in total. The maximum atomic E-state index is 12.4. The van der Waals surface area contributed by atoms with Gasteiger partial charge in [0.05, 0.1) is 40.9 Å². The van der Waals surface area contributed by atoms with Crippen LogP contribution >= 0.6 is 23.2 Å². The van der Waals surface area contributed by atoms with E-state index in [0.717, 1.165) is 5.56 Å². The van der Waals surface area contributed by atoms with Gasteiger partial charge in [0.15, 0.2) is 15.4 Å². The number of aromatic amines is 1. The number of benzene rings is 1. The van der Waals surface area contributed by atoms with Crippen molar-refractivity contribution in [2.75, 3.05) is 23.4 Å². The van der Waals surface area contributed by atoms with E-state index in [-0.39, 0.29) is 29.5 Å². The summed E-state index contributed by atoms with van der Waals surface area (Å²) < 4.78 is 24.8. The molecule has 0 aliphatic carbocycles. The molecule has 0 bridgehead atoms. The number of fused-ring (bicyclic) bond motifs is 1. The summed E-state index contributed by atoms with van der Waals surface area (Å²) in [5.41, 5.74) is 0.917. The van der Waals surface area contributed by atoms with Gasteiger partial charge in [-0.15, -0.1) is 0 Å². The molecule has 0 saturated heterocycles. The van der Waals surface area contributed by atoms with Gasteiger partial charge in [-0.2, -0.15) is 5.10 Å². The quantitative estimate of drug-likeness (QED) is 0.478.